The van der Waals surface area contributed by atoms with Gasteiger partial charge < -0.3 is 18.9 Å². The van der Waals surface area contributed by atoms with Crippen LogP contribution in [0, 0.1) is 12.8 Å². The molecule has 2 aromatic rings. The van der Waals surface area contributed by atoms with E-state index < -0.39 is 29.7 Å². The maximum absolute atomic E-state index is 12.8. The molecule has 33 heavy (non-hydrogen) atoms. The van der Waals surface area contributed by atoms with Crippen molar-refractivity contribution in [2.45, 2.75) is 53.1 Å². The Morgan fingerprint density at radius 1 is 1.03 bits per heavy atom. The summed E-state index contributed by atoms with van der Waals surface area (Å²) in [7, 11) is 3.00. The normalized spacial score (nSPS) is 13.4. The fourth-order valence-electron chi connectivity index (χ4n) is 3.43. The Hall–Kier alpha value is -3.42. The lowest BCUT2D eigenvalue weighted by Crippen LogP contribution is -2.26. The van der Waals surface area contributed by atoms with Crippen LogP contribution in [0.2, 0.25) is 0 Å². The number of aromatic nitrogens is 1. The average molecular weight is 458 g/mol. The Morgan fingerprint density at radius 3 is 2.30 bits per heavy atom. The van der Waals surface area contributed by atoms with E-state index >= 15 is 0 Å². The number of carbonyl (C=O) groups is 3. The van der Waals surface area contributed by atoms with Crippen LogP contribution in [-0.4, -0.2) is 43.0 Å². The van der Waals surface area contributed by atoms with Gasteiger partial charge in [0.2, 0.25) is 5.75 Å². The first-order chi connectivity index (χ1) is 15.6. The minimum absolute atomic E-state index is 0.0571. The van der Waals surface area contributed by atoms with Gasteiger partial charge in [-0.25, -0.2) is 4.98 Å². The number of rotatable bonds is 10. The number of benzene rings is 1. The molecule has 3 atom stereocenters. The molecular weight excluding hydrogens is 426 g/mol. The van der Waals surface area contributed by atoms with Crippen LogP contribution in [0.4, 0.5) is 0 Å². The standard InChI is InChI=1S/C25H31NO7/c1-14-12-19(30-6)8-9-20(14)16(3)17(4)32-25(29)15(2)13-21(28)23-24(33-18(5)27)22(31-7)10-11-26-23/h8-12,15-17H,13H2,1-7H3/t15-,16+,17-/m1/s1. The maximum Gasteiger partial charge on any atom is 0.309 e. The molecule has 0 saturated heterocycles. The van der Waals surface area contributed by atoms with Crippen molar-refractivity contribution in [3.63, 3.8) is 0 Å². The van der Waals surface area contributed by atoms with E-state index in [2.05, 4.69) is 4.98 Å². The third-order valence-electron chi connectivity index (χ3n) is 5.47. The molecule has 0 radical (unpaired) electrons. The summed E-state index contributed by atoms with van der Waals surface area (Å²) in [5.74, 6) is -1.43. The van der Waals surface area contributed by atoms with Crippen molar-refractivity contribution in [1.29, 1.82) is 0 Å². The maximum atomic E-state index is 12.8. The lowest BCUT2D eigenvalue weighted by Gasteiger charge is -2.24. The molecule has 0 aliphatic heterocycles. The molecule has 0 unspecified atom stereocenters. The van der Waals surface area contributed by atoms with Crippen molar-refractivity contribution in [3.8, 4) is 17.2 Å². The second kappa shape index (κ2) is 11.4. The van der Waals surface area contributed by atoms with Crippen LogP contribution in [0.5, 0.6) is 17.2 Å². The van der Waals surface area contributed by atoms with E-state index in [1.54, 1.807) is 14.0 Å². The largest absolute Gasteiger partial charge is 0.497 e. The predicted octanol–water partition coefficient (Wildman–Crippen LogP) is 4.28. The summed E-state index contributed by atoms with van der Waals surface area (Å²) in [4.78, 5) is 41.0. The number of esters is 2. The molecule has 1 aromatic heterocycles. The summed E-state index contributed by atoms with van der Waals surface area (Å²) in [6, 6.07) is 7.25. The van der Waals surface area contributed by atoms with Gasteiger partial charge in [0.05, 0.1) is 20.1 Å². The molecular formula is C25H31NO7. The second-order valence-corrected chi connectivity index (χ2v) is 7.97. The highest BCUT2D eigenvalue weighted by atomic mass is 16.6. The van der Waals surface area contributed by atoms with Crippen LogP contribution in [0.1, 0.15) is 61.6 Å². The number of ketones is 1. The Labute approximate surface area is 194 Å². The molecule has 0 fully saturated rings. The monoisotopic (exact) mass is 457 g/mol. The summed E-state index contributed by atoms with van der Waals surface area (Å²) in [6.45, 7) is 8.61. The molecule has 0 aliphatic carbocycles. The first-order valence-corrected chi connectivity index (χ1v) is 10.7. The van der Waals surface area contributed by atoms with Gasteiger partial charge in [0.25, 0.3) is 0 Å². The van der Waals surface area contributed by atoms with Gasteiger partial charge in [0, 0.05) is 31.5 Å². The molecule has 0 spiro atoms. The van der Waals surface area contributed by atoms with Gasteiger partial charge in [-0.1, -0.05) is 19.9 Å². The van der Waals surface area contributed by atoms with E-state index in [0.29, 0.717) is 0 Å². The van der Waals surface area contributed by atoms with Crippen molar-refractivity contribution >= 4 is 17.7 Å². The third-order valence-corrected chi connectivity index (χ3v) is 5.47. The van der Waals surface area contributed by atoms with E-state index in [4.69, 9.17) is 18.9 Å². The van der Waals surface area contributed by atoms with Crippen molar-refractivity contribution in [1.82, 2.24) is 4.98 Å². The lowest BCUT2D eigenvalue weighted by molar-refractivity contribution is -0.153. The third kappa shape index (κ3) is 6.54. The van der Waals surface area contributed by atoms with Gasteiger partial charge in [0.1, 0.15) is 11.9 Å². The number of ether oxygens (including phenoxy) is 4. The second-order valence-electron chi connectivity index (χ2n) is 7.97. The minimum Gasteiger partial charge on any atom is -0.497 e. The predicted molar refractivity (Wildman–Crippen MR) is 122 cm³/mol. The van der Waals surface area contributed by atoms with Crippen LogP contribution in [0.15, 0.2) is 30.5 Å². The lowest BCUT2D eigenvalue weighted by atomic mass is 9.92. The van der Waals surface area contributed by atoms with Crippen LogP contribution in [0.25, 0.3) is 0 Å². The highest BCUT2D eigenvalue weighted by molar-refractivity contribution is 5.99. The summed E-state index contributed by atoms with van der Waals surface area (Å²) in [6.07, 6.45) is 0.813. The summed E-state index contributed by atoms with van der Waals surface area (Å²) in [5.41, 5.74) is 2.01. The molecule has 8 nitrogen and oxygen atoms in total. The number of methoxy groups -OCH3 is 2. The Morgan fingerprint density at radius 2 is 1.73 bits per heavy atom. The highest BCUT2D eigenvalue weighted by Gasteiger charge is 2.28. The number of hydrogen-bond donors (Lipinski definition) is 0. The zero-order valence-electron chi connectivity index (χ0n) is 20.1. The van der Waals surface area contributed by atoms with Gasteiger partial charge >= 0.3 is 11.9 Å². The summed E-state index contributed by atoms with van der Waals surface area (Å²) >= 11 is 0. The first kappa shape index (κ1) is 25.8. The summed E-state index contributed by atoms with van der Waals surface area (Å²) in [5, 5.41) is 0. The fraction of sp³-hybridized carbons (Fsp3) is 0.440. The van der Waals surface area contributed by atoms with Crippen molar-refractivity contribution in [2.75, 3.05) is 14.2 Å². The number of aryl methyl sites for hydroxylation is 1. The molecule has 0 amide bonds. The molecule has 8 heteroatoms. The molecule has 1 heterocycles. The van der Waals surface area contributed by atoms with Crippen LogP contribution < -0.4 is 14.2 Å². The van der Waals surface area contributed by atoms with Crippen molar-refractivity contribution < 1.29 is 33.3 Å². The molecule has 0 aliphatic rings. The van der Waals surface area contributed by atoms with Gasteiger partial charge in [0.15, 0.2) is 17.2 Å². The van der Waals surface area contributed by atoms with Crippen LogP contribution in [0.3, 0.4) is 0 Å². The number of carbonyl (C=O) groups excluding carboxylic acids is 3. The zero-order valence-corrected chi connectivity index (χ0v) is 20.1. The average Bonchev–Trinajstić information content (AvgIpc) is 2.77. The van der Waals surface area contributed by atoms with Gasteiger partial charge in [-0.15, -0.1) is 0 Å². The summed E-state index contributed by atoms with van der Waals surface area (Å²) < 4.78 is 21.2. The Kier molecular flexibility index (Phi) is 8.96. The molecule has 0 N–H and O–H groups in total. The van der Waals surface area contributed by atoms with Gasteiger partial charge in [-0.2, -0.15) is 0 Å². The Balaban J connectivity index is 2.08. The van der Waals surface area contributed by atoms with Crippen LogP contribution >= 0.6 is 0 Å². The molecule has 1 aromatic carbocycles. The van der Waals surface area contributed by atoms with E-state index in [9.17, 15) is 14.4 Å². The van der Waals surface area contributed by atoms with Gasteiger partial charge in [-0.05, 0) is 37.1 Å². The van der Waals surface area contributed by atoms with E-state index in [1.807, 2.05) is 39.0 Å². The SMILES string of the molecule is COc1ccc([C@@H](C)[C@@H](C)OC(=O)[C@H](C)CC(=O)c2nccc(OC)c2OC(C)=O)c(C)c1. The fourth-order valence-corrected chi connectivity index (χ4v) is 3.43. The number of Topliss-reactive ketones (excluding diaryl/α,β-unsaturated/α-hetero) is 1. The van der Waals surface area contributed by atoms with E-state index in [1.165, 1.54) is 26.3 Å². The smallest absolute Gasteiger partial charge is 0.309 e. The van der Waals surface area contributed by atoms with Crippen molar-refractivity contribution in [2.24, 2.45) is 5.92 Å². The van der Waals surface area contributed by atoms with Crippen LogP contribution in [-0.2, 0) is 14.3 Å². The van der Waals surface area contributed by atoms with E-state index in [-0.39, 0.29) is 29.5 Å². The molecule has 0 bridgehead atoms. The number of nitrogens with zero attached hydrogens (tertiary/aromatic N) is 1. The minimum atomic E-state index is -0.720. The number of pyridine rings is 1. The number of hydrogen-bond acceptors (Lipinski definition) is 8. The van der Waals surface area contributed by atoms with Crippen molar-refractivity contribution in [3.05, 3.63) is 47.3 Å². The quantitative estimate of drug-likeness (QED) is 0.385. The van der Waals surface area contributed by atoms with E-state index in [0.717, 1.165) is 16.9 Å². The topological polar surface area (TPSA) is 101 Å². The molecule has 178 valence electrons. The molecule has 0 saturated carbocycles. The zero-order chi connectivity index (χ0) is 24.7. The molecule has 2 rings (SSSR count). The Bertz CT molecular complexity index is 1020. The highest BCUT2D eigenvalue weighted by Crippen LogP contribution is 2.32. The first-order valence-electron chi connectivity index (χ1n) is 10.7. The van der Waals surface area contributed by atoms with Gasteiger partial charge in [-0.3, -0.25) is 14.4 Å².